The van der Waals surface area contributed by atoms with Gasteiger partial charge < -0.3 is 10.3 Å². The van der Waals surface area contributed by atoms with Crippen LogP contribution in [0.1, 0.15) is 19.7 Å². The molecule has 0 spiro atoms. The van der Waals surface area contributed by atoms with Gasteiger partial charge in [0.2, 0.25) is 0 Å². The van der Waals surface area contributed by atoms with E-state index in [0.717, 1.165) is 23.8 Å². The highest BCUT2D eigenvalue weighted by atomic mass is 35.5. The first-order valence-electron chi connectivity index (χ1n) is 6.41. The maximum absolute atomic E-state index is 11.9. The van der Waals surface area contributed by atoms with Gasteiger partial charge in [-0.2, -0.15) is 0 Å². The summed E-state index contributed by atoms with van der Waals surface area (Å²) >= 11 is 3.00. The molecule has 0 unspecified atom stereocenters. The third-order valence-electron chi connectivity index (χ3n) is 3.08. The zero-order chi connectivity index (χ0) is 14.2. The van der Waals surface area contributed by atoms with Gasteiger partial charge in [0, 0.05) is 18.5 Å². The molecule has 0 saturated carbocycles. The van der Waals surface area contributed by atoms with E-state index >= 15 is 0 Å². The van der Waals surface area contributed by atoms with E-state index in [4.69, 9.17) is 0 Å². The predicted molar refractivity (Wildman–Crippen MR) is 92.9 cm³/mol. The van der Waals surface area contributed by atoms with E-state index < -0.39 is 0 Å². The molecule has 0 radical (unpaired) electrons. The van der Waals surface area contributed by atoms with Crippen LogP contribution >= 0.6 is 35.5 Å². The Morgan fingerprint density at radius 2 is 2.29 bits per heavy atom. The van der Waals surface area contributed by atoms with Crippen LogP contribution in [-0.4, -0.2) is 28.2 Å². The first-order valence-corrected chi connectivity index (χ1v) is 8.28. The van der Waals surface area contributed by atoms with Crippen molar-refractivity contribution in [3.05, 3.63) is 27.6 Å². The molecular weight excluding hydrogens is 328 g/mol. The molecule has 3 heterocycles. The number of halogens is 1. The number of fused-ring (bicyclic) bond motifs is 1. The highest BCUT2D eigenvalue weighted by Crippen LogP contribution is 2.21. The van der Waals surface area contributed by atoms with Gasteiger partial charge in [-0.1, -0.05) is 25.6 Å². The van der Waals surface area contributed by atoms with Crippen LogP contribution in [0.25, 0.3) is 10.2 Å². The Morgan fingerprint density at radius 3 is 3.00 bits per heavy atom. The zero-order valence-electron chi connectivity index (χ0n) is 11.8. The molecule has 1 aliphatic heterocycles. The van der Waals surface area contributed by atoms with Crippen LogP contribution in [0.4, 0.5) is 0 Å². The van der Waals surface area contributed by atoms with Gasteiger partial charge in [0.05, 0.1) is 11.3 Å². The number of rotatable bonds is 2. The normalized spacial score (nSPS) is 17.0. The number of aromatic nitrogens is 2. The molecule has 0 saturated heterocycles. The van der Waals surface area contributed by atoms with Gasteiger partial charge in [0.1, 0.15) is 10.5 Å². The summed E-state index contributed by atoms with van der Waals surface area (Å²) in [4.78, 5) is 23.7. The molecule has 8 heteroatoms. The van der Waals surface area contributed by atoms with E-state index in [1.165, 1.54) is 11.3 Å². The van der Waals surface area contributed by atoms with Crippen molar-refractivity contribution in [1.29, 1.82) is 0 Å². The number of H-pyrrole nitrogens is 1. The van der Waals surface area contributed by atoms with E-state index in [0.29, 0.717) is 16.3 Å². The Kier molecular flexibility index (Phi) is 4.95. The average Bonchev–Trinajstić information content (AvgIpc) is 2.86. The minimum Gasteiger partial charge on any atom is -0.364 e. The summed E-state index contributed by atoms with van der Waals surface area (Å²) in [5, 5.41) is 6.14. The minimum atomic E-state index is -0.0553. The molecule has 2 N–H and O–H groups in total. The highest BCUT2D eigenvalue weighted by Gasteiger charge is 2.22. The van der Waals surface area contributed by atoms with Crippen LogP contribution in [0.3, 0.4) is 0 Å². The highest BCUT2D eigenvalue weighted by molar-refractivity contribution is 8.13. The van der Waals surface area contributed by atoms with E-state index in [9.17, 15) is 4.79 Å². The van der Waals surface area contributed by atoms with E-state index in [1.54, 1.807) is 11.8 Å². The van der Waals surface area contributed by atoms with Crippen molar-refractivity contribution in [3.63, 3.8) is 0 Å². The van der Waals surface area contributed by atoms with Crippen LogP contribution in [0.15, 0.2) is 21.2 Å². The van der Waals surface area contributed by atoms with Crippen molar-refractivity contribution in [2.24, 2.45) is 10.4 Å². The third kappa shape index (κ3) is 3.78. The summed E-state index contributed by atoms with van der Waals surface area (Å²) in [6.45, 7) is 6.13. The summed E-state index contributed by atoms with van der Waals surface area (Å²) in [7, 11) is 0. The van der Waals surface area contributed by atoms with Crippen LogP contribution in [0.5, 0.6) is 0 Å². The molecule has 1 aliphatic rings. The molecule has 2 aromatic heterocycles. The van der Waals surface area contributed by atoms with Gasteiger partial charge in [-0.15, -0.1) is 23.7 Å². The van der Waals surface area contributed by atoms with Crippen LogP contribution in [-0.2, 0) is 5.75 Å². The summed E-state index contributed by atoms with van der Waals surface area (Å²) < 4.78 is 0.689. The Morgan fingerprint density at radius 1 is 1.48 bits per heavy atom. The lowest BCUT2D eigenvalue weighted by Crippen LogP contribution is -2.39. The average molecular weight is 345 g/mol. The largest absolute Gasteiger partial charge is 0.364 e. The molecular formula is C13H17ClN4OS2. The van der Waals surface area contributed by atoms with Crippen molar-refractivity contribution in [3.8, 4) is 0 Å². The first-order chi connectivity index (χ1) is 9.53. The van der Waals surface area contributed by atoms with Crippen molar-refractivity contribution >= 4 is 50.9 Å². The van der Waals surface area contributed by atoms with E-state index in [-0.39, 0.29) is 23.4 Å². The summed E-state index contributed by atoms with van der Waals surface area (Å²) in [5.41, 5.74) is 0.931. The summed E-state index contributed by atoms with van der Waals surface area (Å²) in [5.74, 6) is 1.31. The molecule has 0 bridgehead atoms. The molecule has 0 amide bonds. The molecule has 21 heavy (non-hydrogen) atoms. The number of nitrogens with one attached hydrogen (secondary N) is 2. The molecule has 114 valence electrons. The van der Waals surface area contributed by atoms with Crippen molar-refractivity contribution in [2.45, 2.75) is 19.6 Å². The number of hydrogen-bond acceptors (Lipinski definition) is 6. The maximum atomic E-state index is 11.9. The summed E-state index contributed by atoms with van der Waals surface area (Å²) in [6, 6.07) is 1.88. The summed E-state index contributed by atoms with van der Waals surface area (Å²) in [6.07, 6.45) is 0. The number of hydrogen-bond donors (Lipinski definition) is 2. The quantitative estimate of drug-likeness (QED) is 0.878. The van der Waals surface area contributed by atoms with Gasteiger partial charge in [-0.3, -0.25) is 9.79 Å². The van der Waals surface area contributed by atoms with E-state index in [1.807, 2.05) is 11.4 Å². The van der Waals surface area contributed by atoms with Crippen molar-refractivity contribution in [1.82, 2.24) is 15.3 Å². The lowest BCUT2D eigenvalue weighted by atomic mass is 9.93. The van der Waals surface area contributed by atoms with Crippen molar-refractivity contribution in [2.75, 3.05) is 13.1 Å². The molecule has 5 nitrogen and oxygen atoms in total. The number of thiophene rings is 1. The molecule has 3 rings (SSSR count). The molecule has 0 atom stereocenters. The molecule has 0 aliphatic carbocycles. The fraction of sp³-hybridized carbons (Fsp3) is 0.462. The van der Waals surface area contributed by atoms with Gasteiger partial charge in [-0.05, 0) is 11.4 Å². The number of amidine groups is 1. The minimum absolute atomic E-state index is 0. The van der Waals surface area contributed by atoms with Crippen molar-refractivity contribution < 1.29 is 0 Å². The lowest BCUT2D eigenvalue weighted by Gasteiger charge is -2.28. The van der Waals surface area contributed by atoms with Gasteiger partial charge in [-0.25, -0.2) is 4.98 Å². The second kappa shape index (κ2) is 6.37. The Labute approximate surface area is 137 Å². The van der Waals surface area contributed by atoms with Crippen LogP contribution in [0, 0.1) is 5.41 Å². The topological polar surface area (TPSA) is 70.1 Å². The third-order valence-corrected chi connectivity index (χ3v) is 4.95. The second-order valence-corrected chi connectivity index (χ2v) is 7.46. The predicted octanol–water partition coefficient (Wildman–Crippen LogP) is 2.63. The molecule has 0 aromatic carbocycles. The monoisotopic (exact) mass is 344 g/mol. The van der Waals surface area contributed by atoms with Crippen LogP contribution in [0.2, 0.25) is 0 Å². The number of thioether (sulfide) groups is 1. The van der Waals surface area contributed by atoms with Gasteiger partial charge >= 0.3 is 0 Å². The number of aliphatic imine (C=N–C) groups is 1. The molecule has 2 aromatic rings. The Bertz CT molecular complexity index is 722. The number of nitrogens with zero attached hydrogens (tertiary/aromatic N) is 2. The molecule has 0 fully saturated rings. The second-order valence-electron chi connectivity index (χ2n) is 5.58. The Hall–Kier alpha value is -1.05. The van der Waals surface area contributed by atoms with E-state index in [2.05, 4.69) is 34.1 Å². The fourth-order valence-corrected chi connectivity index (χ4v) is 3.40. The zero-order valence-corrected chi connectivity index (χ0v) is 14.3. The number of aromatic amines is 1. The smallest absolute Gasteiger partial charge is 0.268 e. The lowest BCUT2D eigenvalue weighted by molar-refractivity contribution is 0.364. The SMILES string of the molecule is CC1(C)CN=C(SCc2nc3ccsc3c(=O)[nH]2)NC1.Cl. The fourth-order valence-electron chi connectivity index (χ4n) is 1.94. The van der Waals surface area contributed by atoms with Crippen LogP contribution < -0.4 is 10.9 Å². The maximum Gasteiger partial charge on any atom is 0.268 e. The van der Waals surface area contributed by atoms with Gasteiger partial charge in [0.15, 0.2) is 5.17 Å². The Balaban J connectivity index is 0.00000161. The first kappa shape index (κ1) is 16.3. The van der Waals surface area contributed by atoms with Gasteiger partial charge in [0.25, 0.3) is 5.56 Å². The standard InChI is InChI=1S/C13H16N4OS2.ClH/c1-13(2)6-14-12(15-7-13)20-5-9-16-8-3-4-19-10(8)11(18)17-9;/h3-4H,5-7H2,1-2H3,(H,14,15)(H,16,17,18);1H.